The van der Waals surface area contributed by atoms with Crippen molar-refractivity contribution in [3.05, 3.63) is 52.5 Å². The molecule has 2 aromatic carbocycles. The lowest BCUT2D eigenvalue weighted by molar-refractivity contribution is 0.289. The van der Waals surface area contributed by atoms with Crippen LogP contribution in [0.5, 0.6) is 11.5 Å². The lowest BCUT2D eigenvalue weighted by Gasteiger charge is -2.12. The summed E-state index contributed by atoms with van der Waals surface area (Å²) in [5, 5.41) is 0. The number of hydrogen-bond donors (Lipinski definition) is 0. The van der Waals surface area contributed by atoms with E-state index in [1.54, 1.807) is 25.3 Å². The summed E-state index contributed by atoms with van der Waals surface area (Å²) in [6.07, 6.45) is 0. The molecule has 0 aliphatic heterocycles. The summed E-state index contributed by atoms with van der Waals surface area (Å²) in [5.41, 5.74) is 0.806. The molecular formula is C14H12BrClO4S. The van der Waals surface area contributed by atoms with E-state index in [9.17, 15) is 8.42 Å². The first-order valence-corrected chi connectivity index (χ1v) is 9.01. The summed E-state index contributed by atoms with van der Waals surface area (Å²) in [4.78, 5) is -0.0755. The van der Waals surface area contributed by atoms with E-state index in [2.05, 4.69) is 15.9 Å². The van der Waals surface area contributed by atoms with Crippen LogP contribution in [0.1, 0.15) is 5.56 Å². The largest absolute Gasteiger partial charge is 0.496 e. The van der Waals surface area contributed by atoms with E-state index < -0.39 is 9.05 Å². The Morgan fingerprint density at radius 3 is 2.52 bits per heavy atom. The van der Waals surface area contributed by atoms with Gasteiger partial charge in [-0.3, -0.25) is 0 Å². The Morgan fingerprint density at radius 1 is 1.14 bits per heavy atom. The number of rotatable bonds is 5. The Balaban J connectivity index is 2.29. The van der Waals surface area contributed by atoms with Gasteiger partial charge in [0.25, 0.3) is 9.05 Å². The number of benzene rings is 2. The first kappa shape index (κ1) is 16.1. The zero-order chi connectivity index (χ0) is 15.5. The molecule has 2 rings (SSSR count). The summed E-state index contributed by atoms with van der Waals surface area (Å²) in [6.45, 7) is 0.172. The normalized spacial score (nSPS) is 11.2. The maximum atomic E-state index is 11.6. The zero-order valence-corrected chi connectivity index (χ0v) is 14.2. The predicted molar refractivity (Wildman–Crippen MR) is 84.5 cm³/mol. The Bertz CT molecular complexity index is 746. The lowest BCUT2D eigenvalue weighted by atomic mass is 10.2. The third-order valence-electron chi connectivity index (χ3n) is 2.74. The Morgan fingerprint density at radius 2 is 1.86 bits per heavy atom. The summed E-state index contributed by atoms with van der Waals surface area (Å²) < 4.78 is 34.6. The molecule has 0 radical (unpaired) electrons. The van der Waals surface area contributed by atoms with Crippen molar-refractivity contribution in [3.8, 4) is 11.5 Å². The van der Waals surface area contributed by atoms with Crippen LogP contribution >= 0.6 is 26.6 Å². The highest BCUT2D eigenvalue weighted by molar-refractivity contribution is 9.10. The zero-order valence-electron chi connectivity index (χ0n) is 11.0. The van der Waals surface area contributed by atoms with E-state index in [0.29, 0.717) is 10.2 Å². The molecule has 4 nitrogen and oxygen atoms in total. The molecule has 112 valence electrons. The third kappa shape index (κ3) is 4.12. The third-order valence-corrected chi connectivity index (χ3v) is 4.58. The molecule has 0 fully saturated rings. The van der Waals surface area contributed by atoms with E-state index in [4.69, 9.17) is 20.2 Å². The average Bonchev–Trinajstić information content (AvgIpc) is 2.45. The van der Waals surface area contributed by atoms with Gasteiger partial charge in [-0.2, -0.15) is 0 Å². The van der Waals surface area contributed by atoms with Gasteiger partial charge in [-0.1, -0.05) is 34.1 Å². The fraction of sp³-hybridized carbons (Fsp3) is 0.143. The smallest absolute Gasteiger partial charge is 0.265 e. The molecule has 2 aromatic rings. The molecule has 0 atom stereocenters. The van der Waals surface area contributed by atoms with Gasteiger partial charge < -0.3 is 9.47 Å². The van der Waals surface area contributed by atoms with Crippen LogP contribution in [0.2, 0.25) is 0 Å². The van der Waals surface area contributed by atoms with E-state index in [0.717, 1.165) is 5.56 Å². The molecule has 0 aromatic heterocycles. The van der Waals surface area contributed by atoms with Gasteiger partial charge in [-0.25, -0.2) is 8.42 Å². The van der Waals surface area contributed by atoms with Gasteiger partial charge >= 0.3 is 0 Å². The van der Waals surface area contributed by atoms with Crippen molar-refractivity contribution < 1.29 is 17.9 Å². The average molecular weight is 392 g/mol. The van der Waals surface area contributed by atoms with E-state index in [1.165, 1.54) is 6.07 Å². The summed E-state index contributed by atoms with van der Waals surface area (Å²) in [6, 6.07) is 12.0. The lowest BCUT2D eigenvalue weighted by Crippen LogP contribution is -2.02. The van der Waals surface area contributed by atoms with Gasteiger partial charge in [-0.15, -0.1) is 0 Å². The number of ether oxygens (including phenoxy) is 2. The van der Waals surface area contributed by atoms with Crippen LogP contribution in [0.15, 0.2) is 51.8 Å². The molecule has 0 heterocycles. The van der Waals surface area contributed by atoms with Gasteiger partial charge in [0.15, 0.2) is 0 Å². The van der Waals surface area contributed by atoms with E-state index >= 15 is 0 Å². The number of methoxy groups -OCH3 is 1. The van der Waals surface area contributed by atoms with Crippen molar-refractivity contribution in [1.82, 2.24) is 0 Å². The molecule has 0 saturated carbocycles. The summed E-state index contributed by atoms with van der Waals surface area (Å²) in [7, 11) is 3.10. The Hall–Kier alpha value is -1.24. The fourth-order valence-corrected chi connectivity index (χ4v) is 3.28. The Kier molecular flexibility index (Phi) is 5.13. The maximum absolute atomic E-state index is 11.6. The monoisotopic (exact) mass is 390 g/mol. The first-order chi connectivity index (χ1) is 9.91. The van der Waals surface area contributed by atoms with E-state index in [-0.39, 0.29) is 17.3 Å². The highest BCUT2D eigenvalue weighted by Gasteiger charge is 2.18. The first-order valence-electron chi connectivity index (χ1n) is 5.90. The standard InChI is InChI=1S/C14H12BrClO4S/c1-19-12-5-3-2-4-10(12)9-20-13-7-6-11(15)8-14(13)21(16,17)18/h2-8H,9H2,1H3. The molecule has 0 bridgehead atoms. The minimum Gasteiger partial charge on any atom is -0.496 e. The molecule has 0 N–H and O–H groups in total. The van der Waals surface area contributed by atoms with Crippen LogP contribution in [-0.2, 0) is 15.7 Å². The van der Waals surface area contributed by atoms with Crippen molar-refractivity contribution >= 4 is 35.7 Å². The molecule has 0 unspecified atom stereocenters. The van der Waals surface area contributed by atoms with Gasteiger partial charge in [0.1, 0.15) is 23.0 Å². The highest BCUT2D eigenvalue weighted by Crippen LogP contribution is 2.31. The molecular weight excluding hydrogens is 380 g/mol. The number of para-hydroxylation sites is 1. The quantitative estimate of drug-likeness (QED) is 0.724. The van der Waals surface area contributed by atoms with Crippen LogP contribution in [0.3, 0.4) is 0 Å². The molecule has 0 aliphatic carbocycles. The molecule has 21 heavy (non-hydrogen) atoms. The highest BCUT2D eigenvalue weighted by atomic mass is 79.9. The second kappa shape index (κ2) is 6.68. The molecule has 0 spiro atoms. The second-order valence-electron chi connectivity index (χ2n) is 4.13. The minimum atomic E-state index is -3.89. The molecule has 0 amide bonds. The minimum absolute atomic E-state index is 0.0755. The molecule has 0 aliphatic rings. The Labute approximate surface area is 136 Å². The van der Waals surface area contributed by atoms with E-state index in [1.807, 2.05) is 18.2 Å². The number of hydrogen-bond acceptors (Lipinski definition) is 4. The number of halogens is 2. The second-order valence-corrected chi connectivity index (χ2v) is 7.58. The summed E-state index contributed by atoms with van der Waals surface area (Å²) >= 11 is 3.21. The topological polar surface area (TPSA) is 52.6 Å². The van der Waals surface area contributed by atoms with Crippen molar-refractivity contribution in [2.75, 3.05) is 7.11 Å². The molecule has 0 saturated heterocycles. The van der Waals surface area contributed by atoms with Crippen LogP contribution in [0.4, 0.5) is 0 Å². The van der Waals surface area contributed by atoms with Crippen molar-refractivity contribution in [3.63, 3.8) is 0 Å². The van der Waals surface area contributed by atoms with Gasteiger partial charge in [0.2, 0.25) is 0 Å². The van der Waals surface area contributed by atoms with Gasteiger partial charge in [-0.05, 0) is 24.3 Å². The molecule has 7 heteroatoms. The van der Waals surface area contributed by atoms with Gasteiger partial charge in [0, 0.05) is 20.7 Å². The fourth-order valence-electron chi connectivity index (χ4n) is 1.77. The van der Waals surface area contributed by atoms with Crippen LogP contribution in [-0.4, -0.2) is 15.5 Å². The van der Waals surface area contributed by atoms with Crippen molar-refractivity contribution in [1.29, 1.82) is 0 Å². The SMILES string of the molecule is COc1ccccc1COc1ccc(Br)cc1S(=O)(=O)Cl. The summed E-state index contributed by atoms with van der Waals surface area (Å²) in [5.74, 6) is 0.865. The maximum Gasteiger partial charge on any atom is 0.265 e. The van der Waals surface area contributed by atoms with Crippen LogP contribution < -0.4 is 9.47 Å². The van der Waals surface area contributed by atoms with Crippen LogP contribution in [0, 0.1) is 0 Å². The van der Waals surface area contributed by atoms with Crippen molar-refractivity contribution in [2.24, 2.45) is 0 Å². The van der Waals surface area contributed by atoms with Gasteiger partial charge in [0.05, 0.1) is 7.11 Å². The van der Waals surface area contributed by atoms with Crippen LogP contribution in [0.25, 0.3) is 0 Å². The van der Waals surface area contributed by atoms with Crippen molar-refractivity contribution in [2.45, 2.75) is 11.5 Å². The predicted octanol–water partition coefficient (Wildman–Crippen LogP) is 3.96.